The predicted molar refractivity (Wildman–Crippen MR) is 67.0 cm³/mol. The Hall–Kier alpha value is -1.23. The Morgan fingerprint density at radius 3 is 2.82 bits per heavy atom. The van der Waals surface area contributed by atoms with Gasteiger partial charge < -0.3 is 9.67 Å². The van der Waals surface area contributed by atoms with Crippen LogP contribution in [0, 0.1) is 0 Å². The first-order valence-electron chi connectivity index (χ1n) is 5.63. The number of hydrogen-bond acceptors (Lipinski definition) is 3. The van der Waals surface area contributed by atoms with E-state index in [4.69, 9.17) is 5.11 Å². The van der Waals surface area contributed by atoms with Gasteiger partial charge in [0.2, 0.25) is 0 Å². The lowest BCUT2D eigenvalue weighted by Crippen LogP contribution is -2.19. The number of ketones is 1. The third-order valence-electron chi connectivity index (χ3n) is 3.00. The Labute approximate surface area is 104 Å². The second-order valence-electron chi connectivity index (χ2n) is 4.25. The molecular formula is C12H15NO3S. The summed E-state index contributed by atoms with van der Waals surface area (Å²) in [5, 5.41) is 9.15. The van der Waals surface area contributed by atoms with Gasteiger partial charge in [0.15, 0.2) is 5.78 Å². The maximum atomic E-state index is 11.3. The van der Waals surface area contributed by atoms with E-state index in [0.29, 0.717) is 5.56 Å². The summed E-state index contributed by atoms with van der Waals surface area (Å²) < 4.78 is 1.76. The molecule has 1 fully saturated rings. The van der Waals surface area contributed by atoms with Crippen LogP contribution in [0.25, 0.3) is 0 Å². The molecule has 1 aromatic rings. The molecule has 92 valence electrons. The lowest BCUT2D eigenvalue weighted by Gasteiger charge is -2.24. The van der Waals surface area contributed by atoms with Crippen LogP contribution in [0.2, 0.25) is 0 Å². The highest BCUT2D eigenvalue weighted by atomic mass is 32.2. The van der Waals surface area contributed by atoms with Crippen molar-refractivity contribution in [3.8, 4) is 0 Å². The van der Waals surface area contributed by atoms with E-state index < -0.39 is 5.97 Å². The van der Waals surface area contributed by atoms with Gasteiger partial charge in [-0.2, -0.15) is 11.8 Å². The lowest BCUT2D eigenvalue weighted by molar-refractivity contribution is 0.0682. The number of carbonyl (C=O) groups excluding carboxylic acids is 1. The normalized spacial score (nSPS) is 20.2. The van der Waals surface area contributed by atoms with Crippen LogP contribution in [0.1, 0.15) is 46.7 Å². The Morgan fingerprint density at radius 2 is 2.29 bits per heavy atom. The van der Waals surface area contributed by atoms with Crippen LogP contribution < -0.4 is 0 Å². The maximum Gasteiger partial charge on any atom is 0.352 e. The number of Topliss-reactive ketones (excluding diaryl/α,β-unsaturated/α-hetero) is 1. The minimum atomic E-state index is -0.965. The first kappa shape index (κ1) is 12.2. The number of thioether (sulfide) groups is 1. The van der Waals surface area contributed by atoms with Gasteiger partial charge in [0, 0.05) is 23.6 Å². The maximum absolute atomic E-state index is 11.3. The Kier molecular flexibility index (Phi) is 3.57. The average molecular weight is 253 g/mol. The number of rotatable bonds is 3. The molecule has 0 radical (unpaired) electrons. The predicted octanol–water partition coefficient (Wildman–Crippen LogP) is 2.46. The van der Waals surface area contributed by atoms with Gasteiger partial charge in [-0.3, -0.25) is 4.79 Å². The number of carboxylic acid groups (broad SMARTS) is 1. The van der Waals surface area contributed by atoms with Gasteiger partial charge in [0.25, 0.3) is 0 Å². The molecule has 1 atom stereocenters. The molecule has 1 saturated heterocycles. The van der Waals surface area contributed by atoms with Crippen LogP contribution in [0.15, 0.2) is 12.3 Å². The smallest absolute Gasteiger partial charge is 0.352 e. The van der Waals surface area contributed by atoms with Gasteiger partial charge in [-0.15, -0.1) is 0 Å². The van der Waals surface area contributed by atoms with Gasteiger partial charge in [-0.05, 0) is 31.6 Å². The van der Waals surface area contributed by atoms with Crippen molar-refractivity contribution in [3.63, 3.8) is 0 Å². The first-order valence-corrected chi connectivity index (χ1v) is 6.79. The van der Waals surface area contributed by atoms with Crippen molar-refractivity contribution >= 4 is 23.5 Å². The van der Waals surface area contributed by atoms with Crippen LogP contribution >= 0.6 is 11.8 Å². The van der Waals surface area contributed by atoms with Crippen LogP contribution in [0.4, 0.5) is 0 Å². The number of aromatic nitrogens is 1. The molecule has 1 N–H and O–H groups in total. The Bertz CT molecular complexity index is 447. The molecule has 4 nitrogen and oxygen atoms in total. The second kappa shape index (κ2) is 4.96. The van der Waals surface area contributed by atoms with Crippen LogP contribution in [-0.4, -0.2) is 32.9 Å². The Balaban J connectivity index is 2.36. The van der Waals surface area contributed by atoms with Crippen molar-refractivity contribution in [3.05, 3.63) is 23.5 Å². The number of carboxylic acids is 1. The highest BCUT2D eigenvalue weighted by Gasteiger charge is 2.22. The molecule has 0 spiro atoms. The summed E-state index contributed by atoms with van der Waals surface area (Å²) in [5.41, 5.74) is 0.709. The first-order chi connectivity index (χ1) is 8.09. The molecule has 5 heteroatoms. The highest BCUT2D eigenvalue weighted by molar-refractivity contribution is 7.99. The van der Waals surface area contributed by atoms with E-state index in [9.17, 15) is 9.59 Å². The van der Waals surface area contributed by atoms with Gasteiger partial charge in [0.1, 0.15) is 5.69 Å². The van der Waals surface area contributed by atoms with E-state index in [1.807, 2.05) is 11.8 Å². The lowest BCUT2D eigenvalue weighted by atomic mass is 10.2. The zero-order valence-corrected chi connectivity index (χ0v) is 10.5. The monoisotopic (exact) mass is 253 g/mol. The van der Waals surface area contributed by atoms with E-state index >= 15 is 0 Å². The molecule has 1 unspecified atom stereocenters. The molecule has 0 saturated carbocycles. The van der Waals surface area contributed by atoms with Crippen molar-refractivity contribution < 1.29 is 14.7 Å². The van der Waals surface area contributed by atoms with E-state index in [1.165, 1.54) is 13.0 Å². The fourth-order valence-corrected chi connectivity index (χ4v) is 3.23. The summed E-state index contributed by atoms with van der Waals surface area (Å²) in [4.78, 5) is 22.5. The van der Waals surface area contributed by atoms with Gasteiger partial charge in [0.05, 0.1) is 0 Å². The fraction of sp³-hybridized carbons (Fsp3) is 0.500. The number of carbonyl (C=O) groups is 2. The van der Waals surface area contributed by atoms with E-state index in [2.05, 4.69) is 0 Å². The number of aromatic carboxylic acids is 1. The highest BCUT2D eigenvalue weighted by Crippen LogP contribution is 2.29. The van der Waals surface area contributed by atoms with Crippen molar-refractivity contribution in [1.82, 2.24) is 4.57 Å². The van der Waals surface area contributed by atoms with Crippen molar-refractivity contribution in [2.24, 2.45) is 0 Å². The summed E-state index contributed by atoms with van der Waals surface area (Å²) in [5.74, 6) is 1.01. The Morgan fingerprint density at radius 1 is 1.53 bits per heavy atom. The zero-order valence-electron chi connectivity index (χ0n) is 9.68. The zero-order chi connectivity index (χ0) is 12.4. The van der Waals surface area contributed by atoms with Crippen molar-refractivity contribution in [1.29, 1.82) is 0 Å². The minimum absolute atomic E-state index is 0.0882. The summed E-state index contributed by atoms with van der Waals surface area (Å²) in [6.45, 7) is 1.46. The van der Waals surface area contributed by atoms with E-state index in [1.54, 1.807) is 10.8 Å². The van der Waals surface area contributed by atoms with Crippen molar-refractivity contribution in [2.45, 2.75) is 25.8 Å². The van der Waals surface area contributed by atoms with Gasteiger partial charge in [-0.25, -0.2) is 4.79 Å². The van der Waals surface area contributed by atoms with E-state index in [-0.39, 0.29) is 17.5 Å². The molecule has 0 amide bonds. The third kappa shape index (κ3) is 2.54. The molecule has 2 heterocycles. The van der Waals surface area contributed by atoms with Gasteiger partial charge >= 0.3 is 5.97 Å². The quantitative estimate of drug-likeness (QED) is 0.841. The topological polar surface area (TPSA) is 59.3 Å². The SMILES string of the molecule is CC(=O)c1cc(C(=O)O)n(C2CCCSC2)c1. The molecule has 1 aliphatic rings. The van der Waals surface area contributed by atoms with Crippen LogP contribution in [-0.2, 0) is 0 Å². The number of nitrogens with zero attached hydrogens (tertiary/aromatic N) is 1. The largest absolute Gasteiger partial charge is 0.477 e. The van der Waals surface area contributed by atoms with E-state index in [0.717, 1.165) is 24.3 Å². The average Bonchev–Trinajstić information content (AvgIpc) is 2.75. The summed E-state index contributed by atoms with van der Waals surface area (Å²) in [6.07, 6.45) is 3.77. The fourth-order valence-electron chi connectivity index (χ4n) is 2.09. The molecular weight excluding hydrogens is 238 g/mol. The summed E-state index contributed by atoms with van der Waals surface area (Å²) in [7, 11) is 0. The number of hydrogen-bond donors (Lipinski definition) is 1. The standard InChI is InChI=1S/C12H15NO3S/c1-8(14)9-5-11(12(15)16)13(6-9)10-3-2-4-17-7-10/h5-6,10H,2-4,7H2,1H3,(H,15,16). The second-order valence-corrected chi connectivity index (χ2v) is 5.40. The molecule has 0 bridgehead atoms. The third-order valence-corrected chi connectivity index (χ3v) is 4.20. The van der Waals surface area contributed by atoms with Crippen molar-refractivity contribution in [2.75, 3.05) is 11.5 Å². The summed E-state index contributed by atoms with van der Waals surface area (Å²) in [6, 6.07) is 1.68. The minimum Gasteiger partial charge on any atom is -0.477 e. The summed E-state index contributed by atoms with van der Waals surface area (Å²) >= 11 is 1.84. The molecule has 2 rings (SSSR count). The van der Waals surface area contributed by atoms with Crippen LogP contribution in [0.3, 0.4) is 0 Å². The molecule has 1 aliphatic heterocycles. The molecule has 0 aromatic carbocycles. The molecule has 1 aromatic heterocycles. The molecule has 17 heavy (non-hydrogen) atoms. The van der Waals surface area contributed by atoms with Gasteiger partial charge in [-0.1, -0.05) is 0 Å². The van der Waals surface area contributed by atoms with Crippen LogP contribution in [0.5, 0.6) is 0 Å². The molecule has 0 aliphatic carbocycles.